The van der Waals surface area contributed by atoms with Gasteiger partial charge in [-0.25, -0.2) is 0 Å². The van der Waals surface area contributed by atoms with Gasteiger partial charge in [0, 0.05) is 0 Å². The van der Waals surface area contributed by atoms with Crippen LogP contribution in [0.15, 0.2) is 12.7 Å². The van der Waals surface area contributed by atoms with E-state index in [9.17, 15) is 5.11 Å². The summed E-state index contributed by atoms with van der Waals surface area (Å²) in [6.45, 7) is 4.09. The molecule has 14 heavy (non-hydrogen) atoms. The number of alkyl halides is 1. The average Bonchev–Trinajstić information content (AvgIpc) is 2.18. The Morgan fingerprint density at radius 1 is 1.43 bits per heavy atom. The maximum Gasteiger partial charge on any atom is 0.211 e. The quantitative estimate of drug-likeness (QED) is 0.366. The van der Waals surface area contributed by atoms with Crippen LogP contribution < -0.4 is 0 Å². The molecule has 0 saturated heterocycles. The van der Waals surface area contributed by atoms with E-state index in [0.717, 1.165) is 25.7 Å². The second-order valence-corrected chi connectivity index (χ2v) is 4.48. The monoisotopic (exact) mass is 312 g/mol. The first kappa shape index (κ1) is 12.4. The van der Waals surface area contributed by atoms with Crippen molar-refractivity contribution in [1.29, 1.82) is 0 Å². The Bertz CT molecular complexity index is 167. The molecule has 1 aliphatic rings. The fourth-order valence-electron chi connectivity index (χ4n) is 1.52. The molecule has 0 aromatic carbocycles. The molecular formula is C10H17IO3. The van der Waals surface area contributed by atoms with Crippen molar-refractivity contribution in [2.45, 2.75) is 42.2 Å². The predicted molar refractivity (Wildman–Crippen MR) is 63.3 cm³/mol. The summed E-state index contributed by atoms with van der Waals surface area (Å²) in [5.41, 5.74) is 0. The minimum atomic E-state index is -0.203. The van der Waals surface area contributed by atoms with Crippen LogP contribution in [0.1, 0.15) is 25.7 Å². The molecule has 4 heteroatoms. The molecule has 1 aliphatic carbocycles. The average molecular weight is 312 g/mol. The van der Waals surface area contributed by atoms with Gasteiger partial charge >= 0.3 is 0 Å². The summed E-state index contributed by atoms with van der Waals surface area (Å²) in [4.78, 5) is 0. The van der Waals surface area contributed by atoms with E-state index < -0.39 is 0 Å². The van der Waals surface area contributed by atoms with E-state index in [1.807, 2.05) is 0 Å². The number of aliphatic hydroxyl groups is 1. The number of rotatable bonds is 5. The molecule has 1 rings (SSSR count). The molecule has 0 aromatic rings. The standard InChI is InChI=1S/C10H17IO3/c1-2-7-13-10(11)14-9-5-3-8(12)4-6-9/h2,8-10,12H,1,3-7H2. The zero-order valence-electron chi connectivity index (χ0n) is 8.19. The van der Waals surface area contributed by atoms with Gasteiger partial charge in [0.25, 0.3) is 0 Å². The summed E-state index contributed by atoms with van der Waals surface area (Å²) < 4.78 is 10.7. The molecule has 0 aliphatic heterocycles. The first-order chi connectivity index (χ1) is 6.72. The van der Waals surface area contributed by atoms with E-state index in [0.29, 0.717) is 6.61 Å². The van der Waals surface area contributed by atoms with E-state index in [4.69, 9.17) is 9.47 Å². The molecule has 1 unspecified atom stereocenters. The Morgan fingerprint density at radius 3 is 2.64 bits per heavy atom. The predicted octanol–water partition coefficient (Wildman–Crippen LogP) is 2.23. The van der Waals surface area contributed by atoms with Crippen molar-refractivity contribution in [2.75, 3.05) is 6.61 Å². The first-order valence-corrected chi connectivity index (χ1v) is 6.17. The third kappa shape index (κ3) is 4.72. The Kier molecular flexibility index (Phi) is 6.00. The van der Waals surface area contributed by atoms with Gasteiger partial charge in [-0.05, 0) is 48.3 Å². The van der Waals surface area contributed by atoms with Gasteiger partial charge in [-0.2, -0.15) is 0 Å². The largest absolute Gasteiger partial charge is 0.393 e. The Morgan fingerprint density at radius 2 is 2.07 bits per heavy atom. The minimum Gasteiger partial charge on any atom is -0.393 e. The van der Waals surface area contributed by atoms with Gasteiger partial charge in [0.2, 0.25) is 4.30 Å². The van der Waals surface area contributed by atoms with Crippen molar-refractivity contribution in [3.8, 4) is 0 Å². The van der Waals surface area contributed by atoms with Crippen LogP contribution in [0.2, 0.25) is 0 Å². The molecule has 0 radical (unpaired) electrons. The molecule has 1 fully saturated rings. The van der Waals surface area contributed by atoms with Crippen LogP contribution in [0.25, 0.3) is 0 Å². The number of ether oxygens (including phenoxy) is 2. The molecule has 0 aromatic heterocycles. The lowest BCUT2D eigenvalue weighted by Gasteiger charge is -2.27. The molecule has 0 heterocycles. The van der Waals surface area contributed by atoms with Crippen LogP contribution >= 0.6 is 22.6 Å². The molecule has 0 spiro atoms. The molecule has 82 valence electrons. The summed E-state index contributed by atoms with van der Waals surface area (Å²) in [5, 5.41) is 9.30. The van der Waals surface area contributed by atoms with Crippen LogP contribution in [-0.4, -0.2) is 28.2 Å². The summed E-state index contributed by atoms with van der Waals surface area (Å²) in [7, 11) is 0. The van der Waals surface area contributed by atoms with Crippen LogP contribution in [0, 0.1) is 0 Å². The van der Waals surface area contributed by atoms with E-state index in [1.165, 1.54) is 0 Å². The number of aliphatic hydroxyl groups excluding tert-OH is 1. The smallest absolute Gasteiger partial charge is 0.211 e. The zero-order chi connectivity index (χ0) is 10.4. The van der Waals surface area contributed by atoms with E-state index in [-0.39, 0.29) is 16.5 Å². The van der Waals surface area contributed by atoms with Crippen LogP contribution in [0.4, 0.5) is 0 Å². The number of halogens is 1. The highest BCUT2D eigenvalue weighted by molar-refractivity contribution is 14.1. The van der Waals surface area contributed by atoms with Crippen LogP contribution in [-0.2, 0) is 9.47 Å². The van der Waals surface area contributed by atoms with Gasteiger partial charge in [0.15, 0.2) is 0 Å². The van der Waals surface area contributed by atoms with E-state index in [1.54, 1.807) is 6.08 Å². The first-order valence-electron chi connectivity index (χ1n) is 4.92. The second kappa shape index (κ2) is 6.76. The van der Waals surface area contributed by atoms with Gasteiger partial charge in [-0.3, -0.25) is 0 Å². The molecular weight excluding hydrogens is 295 g/mol. The lowest BCUT2D eigenvalue weighted by Crippen LogP contribution is -2.27. The molecule has 1 N–H and O–H groups in total. The van der Waals surface area contributed by atoms with Gasteiger partial charge in [0.05, 0.1) is 18.8 Å². The summed E-state index contributed by atoms with van der Waals surface area (Å²) in [6.07, 6.45) is 5.36. The normalized spacial score (nSPS) is 29.9. The van der Waals surface area contributed by atoms with E-state index >= 15 is 0 Å². The summed E-state index contributed by atoms with van der Waals surface area (Å²) >= 11 is 2.12. The highest BCUT2D eigenvalue weighted by Gasteiger charge is 2.21. The summed E-state index contributed by atoms with van der Waals surface area (Å²) in [5.74, 6) is 0. The van der Waals surface area contributed by atoms with Crippen molar-refractivity contribution < 1.29 is 14.6 Å². The van der Waals surface area contributed by atoms with Crippen molar-refractivity contribution in [1.82, 2.24) is 0 Å². The number of hydrogen-bond acceptors (Lipinski definition) is 3. The fraction of sp³-hybridized carbons (Fsp3) is 0.800. The molecule has 0 amide bonds. The van der Waals surface area contributed by atoms with E-state index in [2.05, 4.69) is 29.2 Å². The Balaban J connectivity index is 2.13. The lowest BCUT2D eigenvalue weighted by molar-refractivity contribution is -0.113. The maximum absolute atomic E-state index is 9.30. The lowest BCUT2D eigenvalue weighted by atomic mass is 9.95. The van der Waals surface area contributed by atoms with Crippen LogP contribution in [0.3, 0.4) is 0 Å². The molecule has 1 atom stereocenters. The third-order valence-corrected chi connectivity index (χ3v) is 2.94. The summed E-state index contributed by atoms with van der Waals surface area (Å²) in [6, 6.07) is 0. The van der Waals surface area contributed by atoms with Gasteiger partial charge < -0.3 is 14.6 Å². The topological polar surface area (TPSA) is 38.7 Å². The highest BCUT2D eigenvalue weighted by Crippen LogP contribution is 2.23. The van der Waals surface area contributed by atoms with Gasteiger partial charge in [0.1, 0.15) is 0 Å². The number of hydrogen-bond donors (Lipinski definition) is 1. The SMILES string of the molecule is C=CCOC(I)OC1CCC(O)CC1. The van der Waals surface area contributed by atoms with Crippen molar-refractivity contribution >= 4 is 22.6 Å². The third-order valence-electron chi connectivity index (χ3n) is 2.29. The fourth-order valence-corrected chi connectivity index (χ4v) is 2.14. The second-order valence-electron chi connectivity index (χ2n) is 3.46. The van der Waals surface area contributed by atoms with Crippen molar-refractivity contribution in [3.63, 3.8) is 0 Å². The minimum absolute atomic E-state index is 0.128. The maximum atomic E-state index is 9.30. The molecule has 3 nitrogen and oxygen atoms in total. The highest BCUT2D eigenvalue weighted by atomic mass is 127. The van der Waals surface area contributed by atoms with Crippen LogP contribution in [0.5, 0.6) is 0 Å². The van der Waals surface area contributed by atoms with Crippen molar-refractivity contribution in [2.24, 2.45) is 0 Å². The Hall–Kier alpha value is 0.350. The van der Waals surface area contributed by atoms with Gasteiger partial charge in [-0.15, -0.1) is 6.58 Å². The van der Waals surface area contributed by atoms with Crippen molar-refractivity contribution in [3.05, 3.63) is 12.7 Å². The molecule has 0 bridgehead atoms. The Labute approximate surface area is 98.6 Å². The molecule has 1 saturated carbocycles. The van der Waals surface area contributed by atoms with Gasteiger partial charge in [-0.1, -0.05) is 6.08 Å². The zero-order valence-corrected chi connectivity index (χ0v) is 10.4.